The summed E-state index contributed by atoms with van der Waals surface area (Å²) in [5, 5.41) is 15.1. The fraction of sp³-hybridized carbons (Fsp3) is 0.556. The molecule has 0 fully saturated rings. The summed E-state index contributed by atoms with van der Waals surface area (Å²) in [6, 6.07) is 0. The Hall–Kier alpha value is -1.40. The standard InChI is InChI=1S/C9H14N2O4/c1-3-14-9(15-4-2)7-6(8(12)13)5-10-11-7/h5,9H,3-4H2,1-2H3,(H,10,11)(H,12,13). The van der Waals surface area contributed by atoms with E-state index >= 15 is 0 Å². The van der Waals surface area contributed by atoms with E-state index < -0.39 is 12.3 Å². The van der Waals surface area contributed by atoms with Crippen molar-refractivity contribution in [3.05, 3.63) is 17.5 Å². The minimum absolute atomic E-state index is 0.0712. The van der Waals surface area contributed by atoms with Crippen LogP contribution in [0.5, 0.6) is 0 Å². The van der Waals surface area contributed by atoms with E-state index in [4.69, 9.17) is 14.6 Å². The van der Waals surface area contributed by atoms with E-state index in [9.17, 15) is 4.79 Å². The van der Waals surface area contributed by atoms with E-state index in [-0.39, 0.29) is 5.56 Å². The summed E-state index contributed by atoms with van der Waals surface area (Å²) in [5.74, 6) is -1.05. The number of nitrogens with one attached hydrogen (secondary N) is 1. The smallest absolute Gasteiger partial charge is 0.339 e. The van der Waals surface area contributed by atoms with Crippen LogP contribution in [0.1, 0.15) is 36.2 Å². The number of rotatable bonds is 6. The first-order chi connectivity index (χ1) is 7.20. The molecule has 1 heterocycles. The lowest BCUT2D eigenvalue weighted by molar-refractivity contribution is -0.143. The maximum Gasteiger partial charge on any atom is 0.339 e. The second-order valence-electron chi connectivity index (χ2n) is 2.75. The molecule has 6 nitrogen and oxygen atoms in total. The molecule has 0 saturated carbocycles. The predicted octanol–water partition coefficient (Wildman–Crippen LogP) is 1.18. The van der Waals surface area contributed by atoms with Gasteiger partial charge in [-0.1, -0.05) is 0 Å². The zero-order chi connectivity index (χ0) is 11.3. The normalized spacial score (nSPS) is 10.9. The number of aromatic amines is 1. The van der Waals surface area contributed by atoms with Crippen molar-refractivity contribution in [2.75, 3.05) is 13.2 Å². The van der Waals surface area contributed by atoms with Gasteiger partial charge in [-0.05, 0) is 13.8 Å². The molecule has 0 atom stereocenters. The highest BCUT2D eigenvalue weighted by Crippen LogP contribution is 2.20. The van der Waals surface area contributed by atoms with Crippen LogP contribution in [0.3, 0.4) is 0 Å². The third-order valence-electron chi connectivity index (χ3n) is 1.77. The average Bonchev–Trinajstić information content (AvgIpc) is 2.65. The van der Waals surface area contributed by atoms with Crippen LogP contribution < -0.4 is 0 Å². The Balaban J connectivity index is 2.89. The molecule has 2 N–H and O–H groups in total. The van der Waals surface area contributed by atoms with Crippen LogP contribution in [0, 0.1) is 0 Å². The first kappa shape index (κ1) is 11.7. The Morgan fingerprint density at radius 1 is 1.53 bits per heavy atom. The lowest BCUT2D eigenvalue weighted by Crippen LogP contribution is -2.13. The number of H-pyrrole nitrogens is 1. The molecule has 0 saturated heterocycles. The van der Waals surface area contributed by atoms with Crippen molar-refractivity contribution < 1.29 is 19.4 Å². The largest absolute Gasteiger partial charge is 0.478 e. The molecule has 84 valence electrons. The topological polar surface area (TPSA) is 84.4 Å². The van der Waals surface area contributed by atoms with Crippen molar-refractivity contribution in [2.45, 2.75) is 20.1 Å². The molecular weight excluding hydrogens is 200 g/mol. The Morgan fingerprint density at radius 2 is 2.13 bits per heavy atom. The third-order valence-corrected chi connectivity index (χ3v) is 1.77. The van der Waals surface area contributed by atoms with Crippen molar-refractivity contribution in [3.8, 4) is 0 Å². The van der Waals surface area contributed by atoms with Gasteiger partial charge in [0.1, 0.15) is 11.3 Å². The van der Waals surface area contributed by atoms with Crippen molar-refractivity contribution >= 4 is 5.97 Å². The molecule has 0 amide bonds. The number of carbonyl (C=O) groups is 1. The minimum atomic E-state index is -1.05. The van der Waals surface area contributed by atoms with Crippen LogP contribution in [-0.2, 0) is 9.47 Å². The number of aromatic nitrogens is 2. The van der Waals surface area contributed by atoms with Crippen LogP contribution in [0.4, 0.5) is 0 Å². The van der Waals surface area contributed by atoms with E-state index in [1.54, 1.807) is 0 Å². The highest BCUT2D eigenvalue weighted by molar-refractivity contribution is 5.88. The molecule has 0 aliphatic heterocycles. The quantitative estimate of drug-likeness (QED) is 0.694. The summed E-state index contributed by atoms with van der Waals surface area (Å²) in [6.45, 7) is 4.48. The van der Waals surface area contributed by atoms with Gasteiger partial charge in [0, 0.05) is 13.2 Å². The second-order valence-corrected chi connectivity index (χ2v) is 2.75. The van der Waals surface area contributed by atoms with Gasteiger partial charge in [-0.25, -0.2) is 4.79 Å². The van der Waals surface area contributed by atoms with Crippen molar-refractivity contribution in [2.24, 2.45) is 0 Å². The van der Waals surface area contributed by atoms with Gasteiger partial charge in [-0.15, -0.1) is 0 Å². The molecule has 0 aromatic carbocycles. The zero-order valence-corrected chi connectivity index (χ0v) is 8.69. The number of carboxylic acid groups (broad SMARTS) is 1. The van der Waals surface area contributed by atoms with Gasteiger partial charge in [-0.2, -0.15) is 5.10 Å². The summed E-state index contributed by atoms with van der Waals surface area (Å²) in [5.41, 5.74) is 0.410. The predicted molar refractivity (Wildman–Crippen MR) is 51.5 cm³/mol. The van der Waals surface area contributed by atoms with Crippen LogP contribution in [-0.4, -0.2) is 34.5 Å². The van der Waals surface area contributed by atoms with Gasteiger partial charge in [0.05, 0.1) is 6.20 Å². The van der Waals surface area contributed by atoms with Gasteiger partial charge in [0.2, 0.25) is 6.29 Å². The summed E-state index contributed by atoms with van der Waals surface area (Å²) in [4.78, 5) is 10.8. The molecule has 1 rings (SSSR count). The Morgan fingerprint density at radius 3 is 2.60 bits per heavy atom. The number of ether oxygens (including phenoxy) is 2. The summed E-state index contributed by atoms with van der Waals surface area (Å²) in [6.07, 6.45) is 0.538. The van der Waals surface area contributed by atoms with Crippen molar-refractivity contribution in [1.82, 2.24) is 10.2 Å². The van der Waals surface area contributed by atoms with Crippen LogP contribution in [0.15, 0.2) is 6.20 Å². The molecule has 0 unspecified atom stereocenters. The van der Waals surface area contributed by atoms with Gasteiger partial charge in [0.15, 0.2) is 0 Å². The lowest BCUT2D eigenvalue weighted by Gasteiger charge is -2.15. The molecular formula is C9H14N2O4. The fourth-order valence-electron chi connectivity index (χ4n) is 1.16. The van der Waals surface area contributed by atoms with Crippen LogP contribution >= 0.6 is 0 Å². The number of hydrogen-bond donors (Lipinski definition) is 2. The molecule has 1 aromatic rings. The molecule has 6 heteroatoms. The average molecular weight is 214 g/mol. The van der Waals surface area contributed by atoms with E-state index in [1.165, 1.54) is 6.20 Å². The molecule has 0 spiro atoms. The number of hydrogen-bond acceptors (Lipinski definition) is 4. The molecule has 0 bridgehead atoms. The summed E-state index contributed by atoms with van der Waals surface area (Å²) >= 11 is 0. The summed E-state index contributed by atoms with van der Waals surface area (Å²) < 4.78 is 10.5. The first-order valence-corrected chi connectivity index (χ1v) is 4.70. The van der Waals surface area contributed by atoms with E-state index in [2.05, 4.69) is 10.2 Å². The molecule has 15 heavy (non-hydrogen) atoms. The highest BCUT2D eigenvalue weighted by atomic mass is 16.7. The summed E-state index contributed by atoms with van der Waals surface area (Å²) in [7, 11) is 0. The molecule has 1 aromatic heterocycles. The van der Waals surface area contributed by atoms with Gasteiger partial charge >= 0.3 is 5.97 Å². The zero-order valence-electron chi connectivity index (χ0n) is 8.69. The maximum atomic E-state index is 10.8. The number of carboxylic acids is 1. The fourth-order valence-corrected chi connectivity index (χ4v) is 1.16. The number of aromatic carboxylic acids is 1. The van der Waals surface area contributed by atoms with Crippen molar-refractivity contribution in [1.29, 1.82) is 0 Å². The van der Waals surface area contributed by atoms with Gasteiger partial charge in [0.25, 0.3) is 0 Å². The highest BCUT2D eigenvalue weighted by Gasteiger charge is 2.21. The van der Waals surface area contributed by atoms with Gasteiger partial charge < -0.3 is 14.6 Å². The number of nitrogens with zero attached hydrogens (tertiary/aromatic N) is 1. The monoisotopic (exact) mass is 214 g/mol. The Kier molecular flexibility index (Phi) is 4.26. The van der Waals surface area contributed by atoms with E-state index in [0.29, 0.717) is 18.9 Å². The maximum absolute atomic E-state index is 10.8. The minimum Gasteiger partial charge on any atom is -0.478 e. The Labute approximate surface area is 87.2 Å². The van der Waals surface area contributed by atoms with Gasteiger partial charge in [-0.3, -0.25) is 5.10 Å². The second kappa shape index (κ2) is 5.47. The molecule has 0 radical (unpaired) electrons. The SMILES string of the molecule is CCOC(OCC)c1[nH]ncc1C(=O)O. The van der Waals surface area contributed by atoms with Crippen LogP contribution in [0.25, 0.3) is 0 Å². The Bertz CT molecular complexity index is 318. The third kappa shape index (κ3) is 2.77. The molecule has 0 aliphatic carbocycles. The van der Waals surface area contributed by atoms with E-state index in [0.717, 1.165) is 0 Å². The first-order valence-electron chi connectivity index (χ1n) is 4.70. The lowest BCUT2D eigenvalue weighted by atomic mass is 10.2. The molecule has 0 aliphatic rings. The van der Waals surface area contributed by atoms with Crippen molar-refractivity contribution in [3.63, 3.8) is 0 Å². The van der Waals surface area contributed by atoms with Crippen LogP contribution in [0.2, 0.25) is 0 Å². The van der Waals surface area contributed by atoms with E-state index in [1.807, 2.05) is 13.8 Å².